The minimum atomic E-state index is 0.0781. The summed E-state index contributed by atoms with van der Waals surface area (Å²) < 4.78 is 0. The van der Waals surface area contributed by atoms with Gasteiger partial charge in [-0.15, -0.1) is 0 Å². The van der Waals surface area contributed by atoms with Crippen LogP contribution in [-0.4, -0.2) is 35.8 Å². The summed E-state index contributed by atoms with van der Waals surface area (Å²) in [5, 5.41) is 9.31. The number of benzene rings is 1. The van der Waals surface area contributed by atoms with Crippen LogP contribution in [-0.2, 0) is 4.79 Å². The SMILES string of the molecule is O=C1CNCC2CCC(c3ccccc3)=NN12. The van der Waals surface area contributed by atoms with E-state index in [0.29, 0.717) is 6.54 Å². The van der Waals surface area contributed by atoms with Crippen molar-refractivity contribution in [3.63, 3.8) is 0 Å². The Balaban J connectivity index is 1.90. The first kappa shape index (κ1) is 10.5. The molecular formula is C13H15N3O. The molecule has 1 atom stereocenters. The fraction of sp³-hybridized carbons (Fsp3) is 0.385. The van der Waals surface area contributed by atoms with Crippen LogP contribution >= 0.6 is 0 Å². The molecule has 3 rings (SSSR count). The Labute approximate surface area is 100 Å². The first-order valence-corrected chi connectivity index (χ1v) is 6.00. The lowest BCUT2D eigenvalue weighted by molar-refractivity contribution is -0.135. The maximum absolute atomic E-state index is 11.8. The molecule has 88 valence electrons. The second-order valence-electron chi connectivity index (χ2n) is 4.47. The Morgan fingerprint density at radius 3 is 2.94 bits per heavy atom. The van der Waals surface area contributed by atoms with Gasteiger partial charge in [-0.2, -0.15) is 5.10 Å². The third kappa shape index (κ3) is 1.96. The van der Waals surface area contributed by atoms with Crippen molar-refractivity contribution in [3.8, 4) is 0 Å². The summed E-state index contributed by atoms with van der Waals surface area (Å²) in [4.78, 5) is 11.8. The highest BCUT2D eigenvalue weighted by molar-refractivity contribution is 6.01. The summed E-state index contributed by atoms with van der Waals surface area (Å²) in [5.41, 5.74) is 2.15. The number of rotatable bonds is 1. The van der Waals surface area contributed by atoms with E-state index in [9.17, 15) is 4.79 Å². The predicted molar refractivity (Wildman–Crippen MR) is 65.7 cm³/mol. The van der Waals surface area contributed by atoms with Crippen molar-refractivity contribution in [2.24, 2.45) is 5.10 Å². The number of hydrogen-bond donors (Lipinski definition) is 1. The van der Waals surface area contributed by atoms with E-state index in [4.69, 9.17) is 0 Å². The first-order valence-electron chi connectivity index (χ1n) is 6.00. The quantitative estimate of drug-likeness (QED) is 0.780. The molecule has 0 aliphatic carbocycles. The van der Waals surface area contributed by atoms with Crippen LogP contribution in [0.25, 0.3) is 0 Å². The summed E-state index contributed by atoms with van der Waals surface area (Å²) in [6, 6.07) is 10.3. The topological polar surface area (TPSA) is 44.7 Å². The molecule has 0 radical (unpaired) electrons. The van der Waals surface area contributed by atoms with Crippen LogP contribution in [0, 0.1) is 0 Å². The third-order valence-corrected chi connectivity index (χ3v) is 3.31. The fourth-order valence-corrected chi connectivity index (χ4v) is 2.39. The van der Waals surface area contributed by atoms with Gasteiger partial charge < -0.3 is 5.32 Å². The van der Waals surface area contributed by atoms with Crippen LogP contribution in [0.4, 0.5) is 0 Å². The van der Waals surface area contributed by atoms with Crippen LogP contribution in [0.2, 0.25) is 0 Å². The predicted octanol–water partition coefficient (Wildman–Crippen LogP) is 0.985. The van der Waals surface area contributed by atoms with Crippen LogP contribution in [0.15, 0.2) is 35.4 Å². The Morgan fingerprint density at radius 2 is 2.12 bits per heavy atom. The molecular weight excluding hydrogens is 214 g/mol. The molecule has 1 saturated heterocycles. The summed E-state index contributed by atoms with van der Waals surface area (Å²) in [5.74, 6) is 0.0781. The number of nitrogens with zero attached hydrogens (tertiary/aromatic N) is 2. The average molecular weight is 229 g/mol. The van der Waals surface area contributed by atoms with Crippen molar-refractivity contribution in [2.45, 2.75) is 18.9 Å². The van der Waals surface area contributed by atoms with Crippen molar-refractivity contribution >= 4 is 11.6 Å². The number of amides is 1. The van der Waals surface area contributed by atoms with E-state index in [-0.39, 0.29) is 11.9 Å². The van der Waals surface area contributed by atoms with Crippen LogP contribution in [0.5, 0.6) is 0 Å². The van der Waals surface area contributed by atoms with Crippen molar-refractivity contribution in [1.29, 1.82) is 0 Å². The minimum absolute atomic E-state index is 0.0781. The van der Waals surface area contributed by atoms with Crippen LogP contribution in [0.1, 0.15) is 18.4 Å². The molecule has 4 heteroatoms. The van der Waals surface area contributed by atoms with Crippen molar-refractivity contribution < 1.29 is 4.79 Å². The molecule has 0 saturated carbocycles. The van der Waals surface area contributed by atoms with E-state index in [1.54, 1.807) is 5.01 Å². The fourth-order valence-electron chi connectivity index (χ4n) is 2.39. The van der Waals surface area contributed by atoms with E-state index in [2.05, 4.69) is 10.4 Å². The van der Waals surface area contributed by atoms with Gasteiger partial charge in [0.2, 0.25) is 0 Å². The summed E-state index contributed by atoms with van der Waals surface area (Å²) in [6.45, 7) is 1.26. The average Bonchev–Trinajstić information content (AvgIpc) is 2.40. The molecule has 1 fully saturated rings. The molecule has 2 aliphatic rings. The summed E-state index contributed by atoms with van der Waals surface area (Å²) >= 11 is 0. The lowest BCUT2D eigenvalue weighted by Crippen LogP contribution is -2.54. The number of carbonyl (C=O) groups excluding carboxylic acids is 1. The highest BCUT2D eigenvalue weighted by Crippen LogP contribution is 2.20. The second kappa shape index (κ2) is 4.30. The zero-order chi connectivity index (χ0) is 11.7. The standard InChI is InChI=1S/C13H15N3O/c17-13-9-14-8-11-6-7-12(15-16(11)13)10-4-2-1-3-5-10/h1-5,11,14H,6-9H2. The van der Waals surface area contributed by atoms with Gasteiger partial charge in [-0.25, -0.2) is 5.01 Å². The van der Waals surface area contributed by atoms with Gasteiger partial charge >= 0.3 is 0 Å². The Bertz CT molecular complexity index is 455. The van der Waals surface area contributed by atoms with E-state index >= 15 is 0 Å². The highest BCUT2D eigenvalue weighted by Gasteiger charge is 2.31. The Morgan fingerprint density at radius 1 is 1.29 bits per heavy atom. The molecule has 17 heavy (non-hydrogen) atoms. The van der Waals surface area contributed by atoms with Gasteiger partial charge in [0, 0.05) is 6.54 Å². The smallest absolute Gasteiger partial charge is 0.256 e. The largest absolute Gasteiger partial charge is 0.306 e. The maximum atomic E-state index is 11.8. The van der Waals surface area contributed by atoms with Gasteiger partial charge in [0.25, 0.3) is 5.91 Å². The third-order valence-electron chi connectivity index (χ3n) is 3.31. The molecule has 1 aromatic rings. The van der Waals surface area contributed by atoms with Gasteiger partial charge in [0.15, 0.2) is 0 Å². The van der Waals surface area contributed by atoms with E-state index in [1.165, 1.54) is 0 Å². The van der Waals surface area contributed by atoms with Crippen molar-refractivity contribution in [3.05, 3.63) is 35.9 Å². The van der Waals surface area contributed by atoms with Gasteiger partial charge in [0.1, 0.15) is 0 Å². The van der Waals surface area contributed by atoms with Gasteiger partial charge in [-0.3, -0.25) is 4.79 Å². The maximum Gasteiger partial charge on any atom is 0.256 e. The number of hydrogen-bond acceptors (Lipinski definition) is 3. The van der Waals surface area contributed by atoms with Gasteiger partial charge in [-0.1, -0.05) is 30.3 Å². The number of nitrogens with one attached hydrogen (secondary N) is 1. The number of fused-ring (bicyclic) bond motifs is 1. The van der Waals surface area contributed by atoms with E-state index in [1.807, 2.05) is 30.3 Å². The minimum Gasteiger partial charge on any atom is -0.306 e. The molecule has 4 nitrogen and oxygen atoms in total. The number of piperazine rings is 1. The van der Waals surface area contributed by atoms with E-state index in [0.717, 1.165) is 30.7 Å². The lowest BCUT2D eigenvalue weighted by atomic mass is 9.99. The van der Waals surface area contributed by atoms with Gasteiger partial charge in [0.05, 0.1) is 18.3 Å². The Hall–Kier alpha value is -1.68. The second-order valence-corrected chi connectivity index (χ2v) is 4.47. The summed E-state index contributed by atoms with van der Waals surface area (Å²) in [7, 11) is 0. The van der Waals surface area contributed by atoms with Crippen molar-refractivity contribution in [2.75, 3.05) is 13.1 Å². The molecule has 0 spiro atoms. The molecule has 0 bridgehead atoms. The molecule has 0 aromatic heterocycles. The summed E-state index contributed by atoms with van der Waals surface area (Å²) in [6.07, 6.45) is 1.94. The monoisotopic (exact) mass is 229 g/mol. The Kier molecular flexibility index (Phi) is 2.65. The number of carbonyl (C=O) groups is 1. The first-order chi connectivity index (χ1) is 8.34. The highest BCUT2D eigenvalue weighted by atomic mass is 16.2. The van der Waals surface area contributed by atoms with Gasteiger partial charge in [-0.05, 0) is 18.4 Å². The van der Waals surface area contributed by atoms with Crippen LogP contribution < -0.4 is 5.32 Å². The molecule has 1 amide bonds. The van der Waals surface area contributed by atoms with Crippen molar-refractivity contribution in [1.82, 2.24) is 10.3 Å². The molecule has 2 heterocycles. The zero-order valence-electron chi connectivity index (χ0n) is 9.60. The lowest BCUT2D eigenvalue weighted by Gasteiger charge is -2.36. The zero-order valence-corrected chi connectivity index (χ0v) is 9.60. The molecule has 1 N–H and O–H groups in total. The molecule has 1 unspecified atom stereocenters. The molecule has 1 aromatic carbocycles. The van der Waals surface area contributed by atoms with E-state index < -0.39 is 0 Å². The van der Waals surface area contributed by atoms with Crippen LogP contribution in [0.3, 0.4) is 0 Å². The molecule has 2 aliphatic heterocycles. The normalized spacial score (nSPS) is 24.2. The number of hydrazone groups is 1.